The molecule has 0 aliphatic rings. The molecule has 0 unspecified atom stereocenters. The van der Waals surface area contributed by atoms with Crippen molar-refractivity contribution >= 4 is 28.3 Å². The van der Waals surface area contributed by atoms with Crippen molar-refractivity contribution < 1.29 is 26.1 Å². The van der Waals surface area contributed by atoms with Gasteiger partial charge in [-0.1, -0.05) is 60.7 Å². The Morgan fingerprint density at radius 3 is 1.43 bits per heavy atom. The van der Waals surface area contributed by atoms with Crippen molar-refractivity contribution in [3.8, 4) is 0 Å². The second-order valence-electron chi connectivity index (χ2n) is 4.20. The smallest absolute Gasteiger partial charge is 0.279 e. The number of hydrogen-bond acceptors (Lipinski definition) is 3. The van der Waals surface area contributed by atoms with Gasteiger partial charge in [-0.2, -0.15) is 34.2 Å². The molecular weight excluding hydrogens is 349 g/mol. The highest BCUT2D eigenvalue weighted by atomic mass is 32.2. The number of benzene rings is 2. The van der Waals surface area contributed by atoms with Gasteiger partial charge in [0.05, 0.1) is 0 Å². The molecular formula is C15H13F3O3S2. The summed E-state index contributed by atoms with van der Waals surface area (Å²) >= 11 is 4.28. The van der Waals surface area contributed by atoms with Gasteiger partial charge >= 0.3 is 15.6 Å². The molecule has 3 nitrogen and oxygen atoms in total. The van der Waals surface area contributed by atoms with Crippen LogP contribution in [0.4, 0.5) is 13.2 Å². The molecule has 0 aliphatic heterocycles. The van der Waals surface area contributed by atoms with Gasteiger partial charge in [0.25, 0.3) is 0 Å². The molecule has 0 spiro atoms. The predicted octanol–water partition coefficient (Wildman–Crippen LogP) is 4.40. The molecule has 0 saturated carbocycles. The first-order valence-electron chi connectivity index (χ1n) is 6.16. The molecule has 0 atom stereocenters. The summed E-state index contributed by atoms with van der Waals surface area (Å²) in [5.41, 5.74) is -2.00. The molecule has 2 aromatic carbocycles. The average molecular weight is 362 g/mol. The van der Waals surface area contributed by atoms with Crippen LogP contribution in [0.3, 0.4) is 0 Å². The van der Waals surface area contributed by atoms with E-state index in [2.05, 4.69) is 36.9 Å². The van der Waals surface area contributed by atoms with Gasteiger partial charge in [0.1, 0.15) is 0 Å². The van der Waals surface area contributed by atoms with Crippen molar-refractivity contribution in [1.82, 2.24) is 0 Å². The zero-order valence-corrected chi connectivity index (χ0v) is 13.3. The maximum absolute atomic E-state index is 10.7. The van der Waals surface area contributed by atoms with Crippen molar-refractivity contribution in [2.75, 3.05) is 0 Å². The minimum absolute atomic E-state index is 1.15. The van der Waals surface area contributed by atoms with Gasteiger partial charge in [0.15, 0.2) is 0 Å². The Hall–Kier alpha value is -1.77. The molecule has 0 amide bonds. The zero-order valence-electron chi connectivity index (χ0n) is 11.6. The molecule has 1 N–H and O–H groups in total. The van der Waals surface area contributed by atoms with E-state index in [1.54, 1.807) is 0 Å². The van der Waals surface area contributed by atoms with Crippen LogP contribution in [0.2, 0.25) is 0 Å². The van der Waals surface area contributed by atoms with Crippen LogP contribution in [0.15, 0.2) is 66.1 Å². The van der Waals surface area contributed by atoms with E-state index < -0.39 is 15.6 Å². The van der Waals surface area contributed by atoms with Crippen molar-refractivity contribution in [2.24, 2.45) is 0 Å². The van der Waals surface area contributed by atoms with Gasteiger partial charge in [-0.3, -0.25) is 4.55 Å². The minimum atomic E-state index is -5.84. The molecule has 0 saturated heterocycles. The zero-order chi connectivity index (χ0) is 17.5. The van der Waals surface area contributed by atoms with Crippen LogP contribution in [-0.2, 0) is 10.1 Å². The van der Waals surface area contributed by atoms with Crippen molar-refractivity contribution in [3.05, 3.63) is 77.2 Å². The van der Waals surface area contributed by atoms with Crippen LogP contribution in [0, 0.1) is 0 Å². The highest BCUT2D eigenvalue weighted by molar-refractivity contribution is 7.86. The number of hydrogen-bond donors (Lipinski definition) is 2. The van der Waals surface area contributed by atoms with Crippen LogP contribution in [0.25, 0.3) is 5.57 Å². The molecule has 124 valence electrons. The van der Waals surface area contributed by atoms with E-state index in [-0.39, 0.29) is 0 Å². The SMILES string of the molecule is O=S(=O)(O)C(F)(F)F.SC=C(c1ccccc1)c1ccccc1. The summed E-state index contributed by atoms with van der Waals surface area (Å²) in [6.45, 7) is 0. The van der Waals surface area contributed by atoms with Gasteiger partial charge in [-0.05, 0) is 22.1 Å². The Balaban J connectivity index is 0.000000284. The fraction of sp³-hybridized carbons (Fsp3) is 0.0667. The van der Waals surface area contributed by atoms with Gasteiger partial charge in [0.2, 0.25) is 0 Å². The molecule has 0 radical (unpaired) electrons. The van der Waals surface area contributed by atoms with E-state index in [1.807, 2.05) is 41.8 Å². The number of halogens is 3. The van der Waals surface area contributed by atoms with Crippen molar-refractivity contribution in [2.45, 2.75) is 5.51 Å². The molecule has 2 aromatic rings. The van der Waals surface area contributed by atoms with Crippen LogP contribution in [0.5, 0.6) is 0 Å². The molecule has 0 aliphatic carbocycles. The second kappa shape index (κ2) is 8.19. The maximum Gasteiger partial charge on any atom is 0.522 e. The molecule has 0 heterocycles. The molecule has 8 heteroatoms. The van der Waals surface area contributed by atoms with Gasteiger partial charge < -0.3 is 0 Å². The predicted molar refractivity (Wildman–Crippen MR) is 86.6 cm³/mol. The molecule has 23 heavy (non-hydrogen) atoms. The lowest BCUT2D eigenvalue weighted by molar-refractivity contribution is -0.0510. The third-order valence-corrected chi connectivity index (χ3v) is 3.43. The third-order valence-electron chi connectivity index (χ3n) is 2.59. The lowest BCUT2D eigenvalue weighted by atomic mass is 10.00. The van der Waals surface area contributed by atoms with E-state index in [4.69, 9.17) is 13.0 Å². The fourth-order valence-electron chi connectivity index (χ4n) is 1.55. The summed E-state index contributed by atoms with van der Waals surface area (Å²) < 4.78 is 57.5. The van der Waals surface area contributed by atoms with E-state index in [9.17, 15) is 13.2 Å². The monoisotopic (exact) mass is 362 g/mol. The first-order valence-corrected chi connectivity index (χ1v) is 8.11. The summed E-state index contributed by atoms with van der Waals surface area (Å²) in [4.78, 5) is 0. The summed E-state index contributed by atoms with van der Waals surface area (Å²) in [7, 11) is -5.84. The summed E-state index contributed by atoms with van der Waals surface area (Å²) in [5, 5.41) is 1.85. The van der Waals surface area contributed by atoms with Gasteiger partial charge in [0, 0.05) is 0 Å². The summed E-state index contributed by atoms with van der Waals surface area (Å²) in [5.74, 6) is 0. The van der Waals surface area contributed by atoms with Crippen molar-refractivity contribution in [3.63, 3.8) is 0 Å². The van der Waals surface area contributed by atoms with Crippen molar-refractivity contribution in [1.29, 1.82) is 0 Å². The van der Waals surface area contributed by atoms with Crippen LogP contribution >= 0.6 is 12.6 Å². The van der Waals surface area contributed by atoms with E-state index in [0.29, 0.717) is 0 Å². The normalized spacial score (nSPS) is 11.2. The fourth-order valence-corrected chi connectivity index (χ4v) is 1.85. The molecule has 0 aromatic heterocycles. The quantitative estimate of drug-likeness (QED) is 0.473. The van der Waals surface area contributed by atoms with Crippen LogP contribution in [-0.4, -0.2) is 18.5 Å². The summed E-state index contributed by atoms with van der Waals surface area (Å²) in [6, 6.07) is 20.6. The maximum atomic E-state index is 10.7. The van der Waals surface area contributed by atoms with E-state index in [1.165, 1.54) is 11.1 Å². The number of alkyl halides is 3. The first-order chi connectivity index (χ1) is 10.7. The van der Waals surface area contributed by atoms with E-state index >= 15 is 0 Å². The second-order valence-corrected chi connectivity index (χ2v) is 5.87. The van der Waals surface area contributed by atoms with Crippen LogP contribution < -0.4 is 0 Å². The van der Waals surface area contributed by atoms with Gasteiger partial charge in [-0.25, -0.2) is 0 Å². The highest BCUT2D eigenvalue weighted by Gasteiger charge is 2.44. The average Bonchev–Trinajstić information content (AvgIpc) is 2.49. The van der Waals surface area contributed by atoms with Crippen LogP contribution in [0.1, 0.15) is 11.1 Å². The van der Waals surface area contributed by atoms with E-state index in [0.717, 1.165) is 5.57 Å². The Kier molecular flexibility index (Phi) is 6.86. The standard InChI is InChI=1S/C14H12S.CHF3O3S/c15-11-14(12-7-3-1-4-8-12)13-9-5-2-6-10-13;2-1(3,4)8(5,6)7/h1-11,15H;(H,5,6,7). The number of thiol groups is 1. The molecule has 0 bridgehead atoms. The lowest BCUT2D eigenvalue weighted by Crippen LogP contribution is -2.21. The molecule has 0 fully saturated rings. The third kappa shape index (κ3) is 6.09. The topological polar surface area (TPSA) is 54.4 Å². The molecule has 2 rings (SSSR count). The Morgan fingerprint density at radius 1 is 0.913 bits per heavy atom. The Labute approximate surface area is 137 Å². The largest absolute Gasteiger partial charge is 0.522 e. The highest BCUT2D eigenvalue weighted by Crippen LogP contribution is 2.23. The Bertz CT molecular complexity index is 699. The minimum Gasteiger partial charge on any atom is -0.279 e. The lowest BCUT2D eigenvalue weighted by Gasteiger charge is -2.06. The van der Waals surface area contributed by atoms with Gasteiger partial charge in [-0.15, -0.1) is 0 Å². The summed E-state index contributed by atoms with van der Waals surface area (Å²) in [6.07, 6.45) is 0. The number of rotatable bonds is 2. The first kappa shape index (κ1) is 19.3. The Morgan fingerprint density at radius 2 is 1.22 bits per heavy atom.